The largest absolute Gasteiger partial charge is 0.398 e. The van der Waals surface area contributed by atoms with Gasteiger partial charge >= 0.3 is 0 Å². The molecule has 7 heteroatoms. The fourth-order valence-corrected chi connectivity index (χ4v) is 2.38. The zero-order chi connectivity index (χ0) is 10.0. The van der Waals surface area contributed by atoms with Gasteiger partial charge in [0.1, 0.15) is 20.0 Å². The van der Waals surface area contributed by atoms with E-state index in [9.17, 15) is 8.42 Å². The van der Waals surface area contributed by atoms with Gasteiger partial charge in [-0.2, -0.15) is 0 Å². The van der Waals surface area contributed by atoms with E-state index in [1.807, 2.05) is 0 Å². The third-order valence-electron chi connectivity index (χ3n) is 1.34. The molecule has 0 aromatic heterocycles. The molecular formula is C6H5Cl2NO2S2. The van der Waals surface area contributed by atoms with Crippen molar-refractivity contribution in [3.63, 3.8) is 0 Å². The molecule has 0 aliphatic heterocycles. The molecule has 0 spiro atoms. The zero-order valence-corrected chi connectivity index (χ0v) is 9.34. The normalized spacial score (nSPS) is 15.2. The predicted molar refractivity (Wildman–Crippen MR) is 55.4 cm³/mol. The first kappa shape index (κ1) is 11.0. The van der Waals surface area contributed by atoms with Crippen LogP contribution >= 0.6 is 21.4 Å². The molecule has 2 atom stereocenters. The average molecular weight is 258 g/mol. The minimum atomic E-state index is -1.71. The quantitative estimate of drug-likeness (QED) is 0.649. The third kappa shape index (κ3) is 2.67. The Bertz CT molecular complexity index is 383. The maximum absolute atomic E-state index is 10.9. The summed E-state index contributed by atoms with van der Waals surface area (Å²) in [5.41, 5.74) is 5.76. The molecule has 0 radical (unpaired) electrons. The molecule has 0 bridgehead atoms. The highest BCUT2D eigenvalue weighted by molar-refractivity contribution is 8.09. The van der Waals surface area contributed by atoms with Crippen LogP contribution in [-0.4, -0.2) is 8.42 Å². The number of hydrogen-bond donors (Lipinski definition) is 1. The van der Waals surface area contributed by atoms with E-state index in [0.29, 0.717) is 10.6 Å². The summed E-state index contributed by atoms with van der Waals surface area (Å²) in [7, 11) is 7.30. The van der Waals surface area contributed by atoms with E-state index in [0.717, 1.165) is 0 Å². The fourth-order valence-electron chi connectivity index (χ4n) is 0.754. The lowest BCUT2D eigenvalue weighted by molar-refractivity contribution is 0.690. The molecule has 0 saturated carbocycles. The summed E-state index contributed by atoms with van der Waals surface area (Å²) in [6.45, 7) is 0. The molecule has 1 aromatic rings. The zero-order valence-electron chi connectivity index (χ0n) is 6.20. The van der Waals surface area contributed by atoms with Gasteiger partial charge < -0.3 is 5.73 Å². The van der Waals surface area contributed by atoms with Gasteiger partial charge in [0.25, 0.3) is 0 Å². The molecule has 13 heavy (non-hydrogen) atoms. The number of rotatable bonds is 2. The van der Waals surface area contributed by atoms with Gasteiger partial charge in [-0.3, -0.25) is 0 Å². The van der Waals surface area contributed by atoms with Crippen LogP contribution in [0.3, 0.4) is 0 Å². The second-order valence-corrected chi connectivity index (χ2v) is 5.63. The van der Waals surface area contributed by atoms with E-state index in [2.05, 4.69) is 0 Å². The summed E-state index contributed by atoms with van der Waals surface area (Å²) in [6.07, 6.45) is 0. The Kier molecular flexibility index (Phi) is 3.73. The van der Waals surface area contributed by atoms with Gasteiger partial charge in [0.2, 0.25) is 0 Å². The van der Waals surface area contributed by atoms with Gasteiger partial charge in [0, 0.05) is 5.69 Å². The molecule has 72 valence electrons. The number of benzene rings is 1. The Hall–Kier alpha value is -0.100. The second-order valence-electron chi connectivity index (χ2n) is 2.15. The van der Waals surface area contributed by atoms with E-state index >= 15 is 0 Å². The Morgan fingerprint density at radius 3 is 2.23 bits per heavy atom. The SMILES string of the molecule is Nc1ccc(S(=O)Cl)cc1S(=O)Cl. The van der Waals surface area contributed by atoms with Crippen LogP contribution in [0.1, 0.15) is 0 Å². The number of anilines is 1. The number of nitrogens with two attached hydrogens (primary N) is 1. The topological polar surface area (TPSA) is 60.2 Å². The molecule has 1 aromatic carbocycles. The van der Waals surface area contributed by atoms with Crippen molar-refractivity contribution in [1.82, 2.24) is 0 Å². The molecule has 0 amide bonds. The maximum Gasteiger partial charge on any atom is 0.149 e. The highest BCUT2D eigenvalue weighted by Crippen LogP contribution is 2.22. The fraction of sp³-hybridized carbons (Fsp3) is 0. The lowest BCUT2D eigenvalue weighted by Crippen LogP contribution is -1.94. The average Bonchev–Trinajstić information content (AvgIpc) is 2.04. The molecule has 0 aliphatic rings. The number of hydrogen-bond acceptors (Lipinski definition) is 3. The first-order valence-electron chi connectivity index (χ1n) is 3.08. The van der Waals surface area contributed by atoms with E-state index < -0.39 is 20.0 Å². The smallest absolute Gasteiger partial charge is 0.149 e. The lowest BCUT2D eigenvalue weighted by Gasteiger charge is -2.01. The molecule has 3 nitrogen and oxygen atoms in total. The van der Waals surface area contributed by atoms with E-state index in [1.165, 1.54) is 18.2 Å². The van der Waals surface area contributed by atoms with Crippen LogP contribution in [0, 0.1) is 0 Å². The summed E-state index contributed by atoms with van der Waals surface area (Å²) in [4.78, 5) is 0.563. The predicted octanol–water partition coefficient (Wildman–Crippen LogP) is 1.79. The number of halogens is 2. The minimum Gasteiger partial charge on any atom is -0.398 e. The lowest BCUT2D eigenvalue weighted by atomic mass is 10.3. The summed E-state index contributed by atoms with van der Waals surface area (Å²) in [6, 6.07) is 4.32. The van der Waals surface area contributed by atoms with Crippen LogP contribution in [0.5, 0.6) is 0 Å². The third-order valence-corrected chi connectivity index (χ3v) is 3.70. The van der Waals surface area contributed by atoms with E-state index in [4.69, 9.17) is 27.1 Å². The van der Waals surface area contributed by atoms with Crippen LogP contribution in [0.4, 0.5) is 5.69 Å². The van der Waals surface area contributed by atoms with Crippen LogP contribution in [0.2, 0.25) is 0 Å². The van der Waals surface area contributed by atoms with Gasteiger partial charge in [0.05, 0.1) is 9.79 Å². The molecule has 0 aliphatic carbocycles. The Labute approximate surface area is 89.1 Å². The van der Waals surface area contributed by atoms with Crippen LogP contribution in [-0.2, 0) is 20.0 Å². The Morgan fingerprint density at radius 2 is 1.77 bits per heavy atom. The minimum absolute atomic E-state index is 0.230. The molecule has 0 fully saturated rings. The second kappa shape index (κ2) is 4.41. The highest BCUT2D eigenvalue weighted by atomic mass is 35.7. The molecule has 2 unspecified atom stereocenters. The summed E-state index contributed by atoms with van der Waals surface area (Å²) < 4.78 is 21.7. The summed E-state index contributed by atoms with van der Waals surface area (Å²) in [5, 5.41) is 0. The van der Waals surface area contributed by atoms with Gasteiger partial charge in [-0.1, -0.05) is 0 Å². The highest BCUT2D eigenvalue weighted by Gasteiger charge is 2.08. The van der Waals surface area contributed by atoms with Gasteiger partial charge in [-0.25, -0.2) is 8.42 Å². The molecule has 0 heterocycles. The number of nitrogen functional groups attached to an aromatic ring is 1. The van der Waals surface area contributed by atoms with Crippen LogP contribution in [0.15, 0.2) is 28.0 Å². The van der Waals surface area contributed by atoms with E-state index in [-0.39, 0.29) is 4.90 Å². The van der Waals surface area contributed by atoms with Crippen molar-refractivity contribution in [2.24, 2.45) is 0 Å². The van der Waals surface area contributed by atoms with Crippen molar-refractivity contribution < 1.29 is 8.42 Å². The van der Waals surface area contributed by atoms with Gasteiger partial charge in [-0.15, -0.1) is 0 Å². The standard InChI is InChI=1S/C6H5Cl2NO2S2/c7-12(10)4-1-2-5(9)6(3-4)13(8)11/h1-3H,9H2. The monoisotopic (exact) mass is 257 g/mol. The van der Waals surface area contributed by atoms with Gasteiger partial charge in [-0.05, 0) is 39.6 Å². The molecule has 0 saturated heterocycles. The Morgan fingerprint density at radius 1 is 1.15 bits per heavy atom. The Balaban J connectivity index is 3.27. The van der Waals surface area contributed by atoms with Crippen molar-refractivity contribution >= 4 is 47.1 Å². The van der Waals surface area contributed by atoms with E-state index in [1.54, 1.807) is 0 Å². The van der Waals surface area contributed by atoms with Crippen molar-refractivity contribution in [1.29, 1.82) is 0 Å². The van der Waals surface area contributed by atoms with Gasteiger partial charge in [0.15, 0.2) is 0 Å². The van der Waals surface area contributed by atoms with Crippen molar-refractivity contribution in [2.75, 3.05) is 5.73 Å². The van der Waals surface area contributed by atoms with Crippen molar-refractivity contribution in [2.45, 2.75) is 9.79 Å². The maximum atomic E-state index is 10.9. The molecule has 2 N–H and O–H groups in total. The summed E-state index contributed by atoms with van der Waals surface area (Å²) in [5.74, 6) is 0. The van der Waals surface area contributed by atoms with Crippen LogP contribution in [0.25, 0.3) is 0 Å². The van der Waals surface area contributed by atoms with Crippen LogP contribution < -0.4 is 5.73 Å². The first-order valence-corrected chi connectivity index (χ1v) is 7.03. The van der Waals surface area contributed by atoms with Crippen molar-refractivity contribution in [3.05, 3.63) is 18.2 Å². The first-order chi connectivity index (χ1) is 6.02. The molecular weight excluding hydrogens is 253 g/mol. The van der Waals surface area contributed by atoms with Crippen molar-refractivity contribution in [3.8, 4) is 0 Å². The summed E-state index contributed by atoms with van der Waals surface area (Å²) >= 11 is 0. The molecule has 1 rings (SSSR count).